The molecule has 0 radical (unpaired) electrons. The van der Waals surface area contributed by atoms with Gasteiger partial charge in [0.1, 0.15) is 0 Å². The van der Waals surface area contributed by atoms with Gasteiger partial charge in [-0.15, -0.1) is 0 Å². The normalized spacial score (nSPS) is 10.8. The monoisotopic (exact) mass is 512 g/mol. The number of fused-ring (bicyclic) bond motifs is 1. The molecular formula is C25H22Cl2N4O2S. The van der Waals surface area contributed by atoms with Gasteiger partial charge in [-0.3, -0.25) is 9.59 Å². The summed E-state index contributed by atoms with van der Waals surface area (Å²) >= 11 is 13.8. The topological polar surface area (TPSA) is 74.3 Å². The molecule has 0 fully saturated rings. The SMILES string of the molecule is O=C(CN(CC(=O)NCc1ccccc1Cl)c1nc2ccccc2s1)NCc1ccccc1Cl. The Hall–Kier alpha value is -3.13. The maximum atomic E-state index is 12.8. The van der Waals surface area contributed by atoms with Gasteiger partial charge >= 0.3 is 0 Å². The number of halogens is 2. The molecule has 0 saturated heterocycles. The maximum absolute atomic E-state index is 12.8. The van der Waals surface area contributed by atoms with Crippen LogP contribution in [0.15, 0.2) is 72.8 Å². The van der Waals surface area contributed by atoms with E-state index in [0.29, 0.717) is 28.3 Å². The number of para-hydroxylation sites is 1. The number of benzene rings is 3. The number of amides is 2. The third-order valence-electron chi connectivity index (χ3n) is 5.09. The second-order valence-corrected chi connectivity index (χ2v) is 9.38. The first-order valence-electron chi connectivity index (χ1n) is 10.6. The third-order valence-corrected chi connectivity index (χ3v) is 6.92. The number of hydrogen-bond donors (Lipinski definition) is 2. The molecule has 0 atom stereocenters. The molecule has 3 aromatic carbocycles. The molecule has 2 N–H and O–H groups in total. The fraction of sp³-hybridized carbons (Fsp3) is 0.160. The number of carbonyl (C=O) groups is 2. The Morgan fingerprint density at radius 2 is 1.26 bits per heavy atom. The average Bonchev–Trinajstić information content (AvgIpc) is 3.27. The lowest BCUT2D eigenvalue weighted by Crippen LogP contribution is -2.42. The largest absolute Gasteiger partial charge is 0.350 e. The van der Waals surface area contributed by atoms with Crippen LogP contribution < -0.4 is 15.5 Å². The quantitative estimate of drug-likeness (QED) is 0.329. The fourth-order valence-corrected chi connectivity index (χ4v) is 4.68. The molecule has 4 rings (SSSR count). The van der Waals surface area contributed by atoms with Crippen molar-refractivity contribution >= 4 is 61.7 Å². The van der Waals surface area contributed by atoms with Crippen molar-refractivity contribution in [2.45, 2.75) is 13.1 Å². The van der Waals surface area contributed by atoms with Gasteiger partial charge in [0.15, 0.2) is 5.13 Å². The maximum Gasteiger partial charge on any atom is 0.239 e. The molecule has 0 aliphatic heterocycles. The summed E-state index contributed by atoms with van der Waals surface area (Å²) in [6.45, 7) is 0.545. The molecule has 0 unspecified atom stereocenters. The summed E-state index contributed by atoms with van der Waals surface area (Å²) < 4.78 is 0.982. The van der Waals surface area contributed by atoms with Gasteiger partial charge < -0.3 is 15.5 Å². The van der Waals surface area contributed by atoms with Crippen LogP contribution in [-0.4, -0.2) is 29.9 Å². The Morgan fingerprint density at radius 1 is 0.765 bits per heavy atom. The fourth-order valence-electron chi connectivity index (χ4n) is 3.32. The minimum Gasteiger partial charge on any atom is -0.350 e. The Kier molecular flexibility index (Phi) is 8.00. The Labute approximate surface area is 211 Å². The van der Waals surface area contributed by atoms with Gasteiger partial charge in [0.2, 0.25) is 11.8 Å². The summed E-state index contributed by atoms with van der Waals surface area (Å²) in [5.41, 5.74) is 2.46. The summed E-state index contributed by atoms with van der Waals surface area (Å²) in [5.74, 6) is -0.476. The molecule has 0 spiro atoms. The molecule has 0 bridgehead atoms. The molecule has 6 nitrogen and oxygen atoms in total. The van der Waals surface area contributed by atoms with Crippen LogP contribution in [0.25, 0.3) is 10.2 Å². The molecule has 1 heterocycles. The predicted molar refractivity (Wildman–Crippen MR) is 138 cm³/mol. The number of nitrogens with one attached hydrogen (secondary N) is 2. The van der Waals surface area contributed by atoms with Crippen molar-refractivity contribution in [1.82, 2.24) is 15.6 Å². The number of aromatic nitrogens is 1. The second-order valence-electron chi connectivity index (χ2n) is 7.56. The molecule has 174 valence electrons. The van der Waals surface area contributed by atoms with Gasteiger partial charge in [-0.2, -0.15) is 0 Å². The minimum absolute atomic E-state index is 0.0240. The highest BCUT2D eigenvalue weighted by Crippen LogP contribution is 2.28. The van der Waals surface area contributed by atoms with Gasteiger partial charge in [0.05, 0.1) is 23.3 Å². The minimum atomic E-state index is -0.238. The van der Waals surface area contributed by atoms with Crippen molar-refractivity contribution in [3.05, 3.63) is 94.0 Å². The summed E-state index contributed by atoms with van der Waals surface area (Å²) in [7, 11) is 0. The van der Waals surface area contributed by atoms with Crippen LogP contribution in [0.1, 0.15) is 11.1 Å². The smallest absolute Gasteiger partial charge is 0.239 e. The highest BCUT2D eigenvalue weighted by Gasteiger charge is 2.19. The molecule has 1 aromatic heterocycles. The van der Waals surface area contributed by atoms with Gasteiger partial charge in [-0.05, 0) is 35.4 Å². The lowest BCUT2D eigenvalue weighted by Gasteiger charge is -2.21. The molecule has 9 heteroatoms. The first-order chi connectivity index (χ1) is 16.5. The van der Waals surface area contributed by atoms with Gasteiger partial charge in [0, 0.05) is 23.1 Å². The highest BCUT2D eigenvalue weighted by atomic mass is 35.5. The molecule has 0 saturated carbocycles. The van der Waals surface area contributed by atoms with E-state index in [1.54, 1.807) is 17.0 Å². The zero-order valence-electron chi connectivity index (χ0n) is 18.1. The van der Waals surface area contributed by atoms with Crippen LogP contribution >= 0.6 is 34.5 Å². The third kappa shape index (κ3) is 6.26. The van der Waals surface area contributed by atoms with E-state index in [0.717, 1.165) is 21.3 Å². The van der Waals surface area contributed by atoms with E-state index in [-0.39, 0.29) is 24.9 Å². The lowest BCUT2D eigenvalue weighted by atomic mass is 10.2. The van der Waals surface area contributed by atoms with Crippen LogP contribution in [0, 0.1) is 0 Å². The van der Waals surface area contributed by atoms with Crippen LogP contribution in [0.5, 0.6) is 0 Å². The first-order valence-corrected chi connectivity index (χ1v) is 12.2. The number of carbonyl (C=O) groups excluding carboxylic acids is 2. The molecule has 2 amide bonds. The van der Waals surface area contributed by atoms with E-state index in [4.69, 9.17) is 23.2 Å². The number of anilines is 1. The Balaban J connectivity index is 1.45. The number of thiazole rings is 1. The van der Waals surface area contributed by atoms with Crippen LogP contribution in [-0.2, 0) is 22.7 Å². The van der Waals surface area contributed by atoms with Crippen molar-refractivity contribution in [3.8, 4) is 0 Å². The van der Waals surface area contributed by atoms with E-state index in [1.165, 1.54) is 11.3 Å². The van der Waals surface area contributed by atoms with Crippen molar-refractivity contribution in [3.63, 3.8) is 0 Å². The van der Waals surface area contributed by atoms with E-state index >= 15 is 0 Å². The Morgan fingerprint density at radius 3 is 1.79 bits per heavy atom. The predicted octanol–water partition coefficient (Wildman–Crippen LogP) is 5.04. The summed E-state index contributed by atoms with van der Waals surface area (Å²) in [5, 5.41) is 7.52. The van der Waals surface area contributed by atoms with Gasteiger partial charge in [-0.1, -0.05) is 83.1 Å². The zero-order chi connectivity index (χ0) is 23.9. The number of hydrogen-bond acceptors (Lipinski definition) is 5. The van der Waals surface area contributed by atoms with Gasteiger partial charge in [0.25, 0.3) is 0 Å². The summed E-state index contributed by atoms with van der Waals surface area (Å²) in [6, 6.07) is 22.4. The standard InChI is InChI=1S/C25H22Cl2N4O2S/c26-19-9-3-1-7-17(19)13-28-23(32)15-31(25-30-21-11-5-6-12-22(21)34-25)16-24(33)29-14-18-8-2-4-10-20(18)27/h1-12H,13-16H2,(H,28,32)(H,29,33). The van der Waals surface area contributed by atoms with Crippen LogP contribution in [0.3, 0.4) is 0 Å². The van der Waals surface area contributed by atoms with Gasteiger partial charge in [-0.25, -0.2) is 4.98 Å². The van der Waals surface area contributed by atoms with Crippen molar-refractivity contribution in [2.75, 3.05) is 18.0 Å². The van der Waals surface area contributed by atoms with E-state index in [2.05, 4.69) is 15.6 Å². The average molecular weight is 513 g/mol. The lowest BCUT2D eigenvalue weighted by molar-refractivity contribution is -0.120. The second kappa shape index (κ2) is 11.3. The Bertz CT molecular complexity index is 1210. The van der Waals surface area contributed by atoms with E-state index in [9.17, 15) is 9.59 Å². The molecule has 0 aliphatic rings. The first kappa shape index (κ1) is 24.0. The molecular weight excluding hydrogens is 491 g/mol. The van der Waals surface area contributed by atoms with E-state index in [1.807, 2.05) is 60.7 Å². The van der Waals surface area contributed by atoms with Crippen LogP contribution in [0.2, 0.25) is 10.0 Å². The molecule has 0 aliphatic carbocycles. The van der Waals surface area contributed by atoms with Crippen molar-refractivity contribution in [2.24, 2.45) is 0 Å². The van der Waals surface area contributed by atoms with Crippen molar-refractivity contribution < 1.29 is 9.59 Å². The zero-order valence-corrected chi connectivity index (χ0v) is 20.5. The molecule has 4 aromatic rings. The highest BCUT2D eigenvalue weighted by molar-refractivity contribution is 7.22. The summed E-state index contributed by atoms with van der Waals surface area (Å²) in [4.78, 5) is 31.8. The summed E-state index contributed by atoms with van der Waals surface area (Å²) in [6.07, 6.45) is 0. The number of rotatable bonds is 9. The van der Waals surface area contributed by atoms with E-state index < -0.39 is 0 Å². The van der Waals surface area contributed by atoms with Crippen LogP contribution in [0.4, 0.5) is 5.13 Å². The number of nitrogens with zero attached hydrogens (tertiary/aromatic N) is 2. The van der Waals surface area contributed by atoms with Crippen molar-refractivity contribution in [1.29, 1.82) is 0 Å². The molecule has 34 heavy (non-hydrogen) atoms.